The van der Waals surface area contributed by atoms with Gasteiger partial charge in [-0.2, -0.15) is 0 Å². The van der Waals surface area contributed by atoms with E-state index in [0.29, 0.717) is 5.88 Å². The topological polar surface area (TPSA) is 12.0 Å². The molecule has 1 N–H and O–H groups in total. The third kappa shape index (κ3) is 3.77. The van der Waals surface area contributed by atoms with Crippen molar-refractivity contribution >= 4 is 17.3 Å². The van der Waals surface area contributed by atoms with E-state index in [1.54, 1.807) is 0 Å². The van der Waals surface area contributed by atoms with Crippen LogP contribution in [0.2, 0.25) is 0 Å². The van der Waals surface area contributed by atoms with Crippen LogP contribution in [-0.4, -0.2) is 0 Å². The molecule has 0 fully saturated rings. The van der Waals surface area contributed by atoms with Gasteiger partial charge in [0.05, 0.1) is 0 Å². The Labute approximate surface area is 127 Å². The third-order valence-electron chi connectivity index (χ3n) is 3.46. The van der Waals surface area contributed by atoms with Crippen LogP contribution in [0.3, 0.4) is 0 Å². The summed E-state index contributed by atoms with van der Waals surface area (Å²) in [5, 5.41) is 3.45. The van der Waals surface area contributed by atoms with Crippen molar-refractivity contribution in [3.05, 3.63) is 65.2 Å². The number of para-hydroxylation sites is 1. The van der Waals surface area contributed by atoms with Gasteiger partial charge in [0, 0.05) is 18.1 Å². The van der Waals surface area contributed by atoms with E-state index in [1.807, 2.05) is 12.1 Å². The lowest BCUT2D eigenvalue weighted by Crippen LogP contribution is -2.11. The summed E-state index contributed by atoms with van der Waals surface area (Å²) < 4.78 is 0. The fourth-order valence-corrected chi connectivity index (χ4v) is 2.36. The molecule has 0 saturated carbocycles. The van der Waals surface area contributed by atoms with Crippen LogP contribution < -0.4 is 5.32 Å². The van der Waals surface area contributed by atoms with Crippen molar-refractivity contribution in [3.8, 4) is 0 Å². The Morgan fingerprint density at radius 3 is 2.20 bits per heavy atom. The van der Waals surface area contributed by atoms with Crippen LogP contribution >= 0.6 is 11.6 Å². The summed E-state index contributed by atoms with van der Waals surface area (Å²) in [4.78, 5) is 0. The smallest absolute Gasteiger partial charge is 0.0494 e. The third-order valence-corrected chi connectivity index (χ3v) is 3.75. The van der Waals surface area contributed by atoms with Crippen molar-refractivity contribution in [3.63, 3.8) is 0 Å². The molecular formula is C18H22ClN. The van der Waals surface area contributed by atoms with Crippen molar-refractivity contribution in [2.45, 2.75) is 38.6 Å². The summed E-state index contributed by atoms with van der Waals surface area (Å²) in [6.45, 7) is 7.52. The molecule has 0 radical (unpaired) electrons. The maximum absolute atomic E-state index is 5.94. The maximum Gasteiger partial charge on any atom is 0.0494 e. The van der Waals surface area contributed by atoms with E-state index in [2.05, 4.69) is 62.5 Å². The lowest BCUT2D eigenvalue weighted by Gasteiger charge is -2.19. The zero-order valence-electron chi connectivity index (χ0n) is 12.4. The zero-order chi connectivity index (χ0) is 14.6. The number of anilines is 1. The summed E-state index contributed by atoms with van der Waals surface area (Å²) in [5.41, 5.74) is 5.10. The lowest BCUT2D eigenvalue weighted by atomic mass is 9.87. The van der Waals surface area contributed by atoms with Gasteiger partial charge in [-0.15, -0.1) is 11.6 Å². The molecule has 0 atom stereocenters. The fraction of sp³-hybridized carbons (Fsp3) is 0.333. The van der Waals surface area contributed by atoms with Crippen LogP contribution in [0.4, 0.5) is 5.69 Å². The summed E-state index contributed by atoms with van der Waals surface area (Å²) in [7, 11) is 0. The molecule has 2 aromatic rings. The summed E-state index contributed by atoms with van der Waals surface area (Å²) >= 11 is 5.94. The van der Waals surface area contributed by atoms with Crippen molar-refractivity contribution in [2.75, 3.05) is 5.32 Å². The molecule has 0 saturated heterocycles. The maximum atomic E-state index is 5.94. The number of hydrogen-bond acceptors (Lipinski definition) is 1. The average molecular weight is 288 g/mol. The largest absolute Gasteiger partial charge is 0.381 e. The van der Waals surface area contributed by atoms with Gasteiger partial charge in [-0.25, -0.2) is 0 Å². The Balaban J connectivity index is 2.04. The van der Waals surface area contributed by atoms with E-state index < -0.39 is 0 Å². The van der Waals surface area contributed by atoms with Crippen LogP contribution in [0.15, 0.2) is 48.5 Å². The van der Waals surface area contributed by atoms with Crippen LogP contribution in [0, 0.1) is 0 Å². The first kappa shape index (κ1) is 14.9. The quantitative estimate of drug-likeness (QED) is 0.749. The minimum absolute atomic E-state index is 0.206. The van der Waals surface area contributed by atoms with E-state index in [4.69, 9.17) is 11.6 Å². The first-order valence-electron chi connectivity index (χ1n) is 6.98. The standard InChI is InChI=1S/C18H22ClN/c1-18(2,3)16-10-8-14(9-11-16)13-20-17-7-5-4-6-15(17)12-19/h4-11,20H,12-13H2,1-3H3. The molecule has 2 rings (SSSR count). The minimum Gasteiger partial charge on any atom is -0.381 e. The van der Waals surface area contributed by atoms with Crippen molar-refractivity contribution in [2.24, 2.45) is 0 Å². The first-order valence-corrected chi connectivity index (χ1v) is 7.51. The second-order valence-electron chi connectivity index (χ2n) is 6.09. The molecule has 0 amide bonds. The Morgan fingerprint density at radius 2 is 1.60 bits per heavy atom. The molecule has 2 heteroatoms. The number of benzene rings is 2. The monoisotopic (exact) mass is 287 g/mol. The van der Waals surface area contributed by atoms with Gasteiger partial charge in [0.15, 0.2) is 0 Å². The molecule has 0 aliphatic carbocycles. The predicted molar refractivity (Wildman–Crippen MR) is 88.5 cm³/mol. The molecule has 0 spiro atoms. The Bertz CT molecular complexity index is 552. The van der Waals surface area contributed by atoms with Gasteiger partial charge < -0.3 is 5.32 Å². The lowest BCUT2D eigenvalue weighted by molar-refractivity contribution is 0.590. The molecule has 0 bridgehead atoms. The molecule has 0 aliphatic rings. The van der Waals surface area contributed by atoms with E-state index in [0.717, 1.165) is 17.8 Å². The predicted octanol–water partition coefficient (Wildman–Crippen LogP) is 5.34. The highest BCUT2D eigenvalue weighted by atomic mass is 35.5. The highest BCUT2D eigenvalue weighted by Crippen LogP contribution is 2.23. The fourth-order valence-electron chi connectivity index (χ4n) is 2.13. The van der Waals surface area contributed by atoms with Gasteiger partial charge in [-0.05, 0) is 28.2 Å². The van der Waals surface area contributed by atoms with Crippen LogP contribution in [-0.2, 0) is 17.8 Å². The van der Waals surface area contributed by atoms with E-state index >= 15 is 0 Å². The molecular weight excluding hydrogens is 266 g/mol. The number of hydrogen-bond donors (Lipinski definition) is 1. The van der Waals surface area contributed by atoms with Gasteiger partial charge in [0.1, 0.15) is 0 Å². The van der Waals surface area contributed by atoms with Gasteiger partial charge in [-0.1, -0.05) is 63.2 Å². The Hall–Kier alpha value is -1.47. The number of nitrogens with one attached hydrogen (secondary N) is 1. The number of alkyl halides is 1. The number of rotatable bonds is 4. The molecule has 106 valence electrons. The number of halogens is 1. The normalized spacial score (nSPS) is 11.4. The summed E-state index contributed by atoms with van der Waals surface area (Å²) in [5.74, 6) is 0.534. The molecule has 0 aliphatic heterocycles. The Morgan fingerprint density at radius 1 is 0.950 bits per heavy atom. The second kappa shape index (κ2) is 6.32. The molecule has 0 aromatic heterocycles. The SMILES string of the molecule is CC(C)(C)c1ccc(CNc2ccccc2CCl)cc1. The van der Waals surface area contributed by atoms with E-state index in [1.165, 1.54) is 11.1 Å². The highest BCUT2D eigenvalue weighted by Gasteiger charge is 2.12. The summed E-state index contributed by atoms with van der Waals surface area (Å²) in [6.07, 6.45) is 0. The highest BCUT2D eigenvalue weighted by molar-refractivity contribution is 6.17. The van der Waals surface area contributed by atoms with E-state index in [-0.39, 0.29) is 5.41 Å². The van der Waals surface area contributed by atoms with Crippen LogP contribution in [0.1, 0.15) is 37.5 Å². The Kier molecular flexibility index (Phi) is 4.72. The molecule has 0 heterocycles. The summed E-state index contributed by atoms with van der Waals surface area (Å²) in [6, 6.07) is 17.0. The second-order valence-corrected chi connectivity index (χ2v) is 6.36. The first-order chi connectivity index (χ1) is 9.50. The van der Waals surface area contributed by atoms with E-state index in [9.17, 15) is 0 Å². The van der Waals surface area contributed by atoms with Gasteiger partial charge >= 0.3 is 0 Å². The molecule has 1 nitrogen and oxygen atoms in total. The van der Waals surface area contributed by atoms with Crippen molar-refractivity contribution < 1.29 is 0 Å². The zero-order valence-corrected chi connectivity index (χ0v) is 13.2. The molecule has 2 aromatic carbocycles. The van der Waals surface area contributed by atoms with Crippen molar-refractivity contribution in [1.82, 2.24) is 0 Å². The van der Waals surface area contributed by atoms with Crippen LogP contribution in [0.5, 0.6) is 0 Å². The van der Waals surface area contributed by atoms with Crippen molar-refractivity contribution in [1.29, 1.82) is 0 Å². The average Bonchev–Trinajstić information content (AvgIpc) is 2.45. The van der Waals surface area contributed by atoms with Crippen LogP contribution in [0.25, 0.3) is 0 Å². The van der Waals surface area contributed by atoms with Gasteiger partial charge in [-0.3, -0.25) is 0 Å². The van der Waals surface area contributed by atoms with Gasteiger partial charge in [0.2, 0.25) is 0 Å². The molecule has 0 unspecified atom stereocenters. The van der Waals surface area contributed by atoms with Gasteiger partial charge in [0.25, 0.3) is 0 Å². The molecule has 20 heavy (non-hydrogen) atoms. The minimum atomic E-state index is 0.206.